The van der Waals surface area contributed by atoms with E-state index >= 15 is 0 Å². The predicted molar refractivity (Wildman–Crippen MR) is 53.9 cm³/mol. The number of aldehydes is 1. The summed E-state index contributed by atoms with van der Waals surface area (Å²) in [5, 5.41) is 0. The second-order valence-electron chi connectivity index (χ2n) is 3.13. The van der Waals surface area contributed by atoms with E-state index in [1.54, 1.807) is 6.92 Å². The van der Waals surface area contributed by atoms with Crippen LogP contribution in [0.2, 0.25) is 0 Å². The highest BCUT2D eigenvalue weighted by molar-refractivity contribution is 6.19. The highest BCUT2D eigenvalue weighted by Gasteiger charge is 2.12. The lowest BCUT2D eigenvalue weighted by Gasteiger charge is -2.13. The van der Waals surface area contributed by atoms with Gasteiger partial charge in [-0.15, -0.1) is 11.6 Å². The molecule has 0 aromatic heterocycles. The largest absolute Gasteiger partial charge is 0.303 e. The Bertz CT molecular complexity index is 199. The summed E-state index contributed by atoms with van der Waals surface area (Å²) >= 11 is 5.60. The molecule has 0 saturated heterocycles. The van der Waals surface area contributed by atoms with E-state index in [1.807, 2.05) is 0 Å². The van der Waals surface area contributed by atoms with E-state index in [0.29, 0.717) is 25.1 Å². The van der Waals surface area contributed by atoms with Crippen LogP contribution in [0.1, 0.15) is 26.2 Å². The number of carbonyl (C=O) groups excluding carboxylic acids is 2. The molecule has 2 nitrogen and oxygen atoms in total. The summed E-state index contributed by atoms with van der Waals surface area (Å²) in [7, 11) is 0. The Kier molecular flexibility index (Phi) is 6.51. The van der Waals surface area contributed by atoms with Crippen molar-refractivity contribution in [2.75, 3.05) is 5.88 Å². The van der Waals surface area contributed by atoms with Crippen LogP contribution in [0.4, 0.5) is 0 Å². The Hall–Kier alpha value is -0.630. The number of carbonyl (C=O) groups is 2. The minimum atomic E-state index is 0.0684. The van der Waals surface area contributed by atoms with Gasteiger partial charge in [-0.2, -0.15) is 0 Å². The normalized spacial score (nSPS) is 12.2. The molecule has 0 aromatic carbocycles. The molecule has 1 atom stereocenters. The lowest BCUT2D eigenvalue weighted by molar-refractivity contribution is -0.117. The molecule has 3 heteroatoms. The van der Waals surface area contributed by atoms with Gasteiger partial charge >= 0.3 is 0 Å². The topological polar surface area (TPSA) is 34.1 Å². The van der Waals surface area contributed by atoms with Crippen molar-refractivity contribution in [2.45, 2.75) is 26.2 Å². The number of hydrogen-bond donors (Lipinski definition) is 0. The van der Waals surface area contributed by atoms with Gasteiger partial charge < -0.3 is 9.59 Å². The fourth-order valence-corrected chi connectivity index (χ4v) is 1.31. The SMILES string of the molecule is C=C(CCl)C(CC=O)CCC(C)=O. The maximum absolute atomic E-state index is 10.7. The molecule has 74 valence electrons. The summed E-state index contributed by atoms with van der Waals surface area (Å²) in [5.74, 6) is 0.563. The van der Waals surface area contributed by atoms with Crippen LogP contribution < -0.4 is 0 Å². The lowest BCUT2D eigenvalue weighted by atomic mass is 9.93. The van der Waals surface area contributed by atoms with Crippen molar-refractivity contribution in [3.05, 3.63) is 12.2 Å². The maximum atomic E-state index is 10.7. The van der Waals surface area contributed by atoms with Gasteiger partial charge in [-0.25, -0.2) is 0 Å². The zero-order valence-corrected chi connectivity index (χ0v) is 8.64. The van der Waals surface area contributed by atoms with Gasteiger partial charge in [0.05, 0.1) is 0 Å². The fourth-order valence-electron chi connectivity index (χ4n) is 1.09. The number of alkyl halides is 1. The van der Waals surface area contributed by atoms with Gasteiger partial charge in [0, 0.05) is 18.7 Å². The van der Waals surface area contributed by atoms with E-state index in [9.17, 15) is 9.59 Å². The monoisotopic (exact) mass is 202 g/mol. The Morgan fingerprint density at radius 3 is 2.62 bits per heavy atom. The first-order valence-electron chi connectivity index (χ1n) is 4.28. The van der Waals surface area contributed by atoms with Crippen LogP contribution in [0, 0.1) is 5.92 Å². The van der Waals surface area contributed by atoms with Crippen molar-refractivity contribution in [3.8, 4) is 0 Å². The number of hydrogen-bond acceptors (Lipinski definition) is 2. The first-order chi connectivity index (χ1) is 6.11. The highest BCUT2D eigenvalue weighted by atomic mass is 35.5. The molecule has 0 rings (SSSR count). The molecule has 0 saturated carbocycles. The third-order valence-corrected chi connectivity index (χ3v) is 2.32. The van der Waals surface area contributed by atoms with E-state index < -0.39 is 0 Å². The minimum absolute atomic E-state index is 0.0684. The smallest absolute Gasteiger partial charge is 0.129 e. The molecule has 1 unspecified atom stereocenters. The van der Waals surface area contributed by atoms with Gasteiger partial charge in [0.15, 0.2) is 0 Å². The molecule has 0 N–H and O–H groups in total. The van der Waals surface area contributed by atoms with Crippen LogP contribution in [0.25, 0.3) is 0 Å². The van der Waals surface area contributed by atoms with Gasteiger partial charge in [-0.3, -0.25) is 0 Å². The number of allylic oxidation sites excluding steroid dienone is 1. The van der Waals surface area contributed by atoms with Crippen LogP contribution >= 0.6 is 11.6 Å². The zero-order chi connectivity index (χ0) is 10.3. The Balaban J connectivity index is 4.00. The van der Waals surface area contributed by atoms with Gasteiger partial charge in [-0.05, 0) is 19.3 Å². The molecule has 0 aliphatic carbocycles. The molecule has 0 bridgehead atoms. The summed E-state index contributed by atoms with van der Waals surface area (Å²) in [4.78, 5) is 21.0. The average molecular weight is 203 g/mol. The average Bonchev–Trinajstić information content (AvgIpc) is 2.10. The molecule has 13 heavy (non-hydrogen) atoms. The molecule has 0 radical (unpaired) electrons. The van der Waals surface area contributed by atoms with Crippen molar-refractivity contribution in [3.63, 3.8) is 0 Å². The molecular formula is C10H15ClO2. The molecule has 0 heterocycles. The number of halogens is 1. The summed E-state index contributed by atoms with van der Waals surface area (Å²) in [5.41, 5.74) is 0.843. The standard InChI is InChI=1S/C10H15ClO2/c1-8(7-11)10(5-6-12)4-3-9(2)13/h6,10H,1,3-5,7H2,2H3. The summed E-state index contributed by atoms with van der Waals surface area (Å²) < 4.78 is 0. The molecule has 0 aliphatic heterocycles. The summed E-state index contributed by atoms with van der Waals surface area (Å²) in [6, 6.07) is 0. The summed E-state index contributed by atoms with van der Waals surface area (Å²) in [6.45, 7) is 5.31. The molecule has 0 fully saturated rings. The molecular weight excluding hydrogens is 188 g/mol. The molecule has 0 aliphatic rings. The van der Waals surface area contributed by atoms with Crippen LogP contribution in [-0.2, 0) is 9.59 Å². The van der Waals surface area contributed by atoms with Crippen LogP contribution in [0.3, 0.4) is 0 Å². The Morgan fingerprint density at radius 2 is 2.23 bits per heavy atom. The van der Waals surface area contributed by atoms with Gasteiger partial charge in [-0.1, -0.05) is 12.2 Å². The van der Waals surface area contributed by atoms with Crippen molar-refractivity contribution < 1.29 is 9.59 Å². The van der Waals surface area contributed by atoms with Crippen LogP contribution in [0.5, 0.6) is 0 Å². The summed E-state index contributed by atoms with van der Waals surface area (Å²) in [6.07, 6.45) is 2.44. The highest BCUT2D eigenvalue weighted by Crippen LogP contribution is 2.19. The van der Waals surface area contributed by atoms with E-state index in [4.69, 9.17) is 11.6 Å². The van der Waals surface area contributed by atoms with Crippen molar-refractivity contribution >= 4 is 23.7 Å². The molecule has 0 aromatic rings. The Morgan fingerprint density at radius 1 is 1.62 bits per heavy atom. The molecule has 0 amide bonds. The first kappa shape index (κ1) is 12.4. The maximum Gasteiger partial charge on any atom is 0.129 e. The Labute approximate surface area is 84.0 Å². The fraction of sp³-hybridized carbons (Fsp3) is 0.600. The number of rotatable bonds is 7. The molecule has 0 spiro atoms. The lowest BCUT2D eigenvalue weighted by Crippen LogP contribution is -2.07. The minimum Gasteiger partial charge on any atom is -0.303 e. The number of ketones is 1. The third kappa shape index (κ3) is 5.58. The van der Waals surface area contributed by atoms with E-state index in [2.05, 4.69) is 6.58 Å². The van der Waals surface area contributed by atoms with Crippen molar-refractivity contribution in [1.29, 1.82) is 0 Å². The van der Waals surface area contributed by atoms with Gasteiger partial charge in [0.2, 0.25) is 0 Å². The third-order valence-electron chi connectivity index (χ3n) is 1.97. The van der Waals surface area contributed by atoms with Gasteiger partial charge in [0.1, 0.15) is 12.1 Å². The zero-order valence-electron chi connectivity index (χ0n) is 7.88. The van der Waals surface area contributed by atoms with Crippen molar-refractivity contribution in [1.82, 2.24) is 0 Å². The van der Waals surface area contributed by atoms with E-state index in [1.165, 1.54) is 0 Å². The number of Topliss-reactive ketones (excluding diaryl/α,β-unsaturated/α-hetero) is 1. The van der Waals surface area contributed by atoms with Crippen LogP contribution in [0.15, 0.2) is 12.2 Å². The van der Waals surface area contributed by atoms with E-state index in [-0.39, 0.29) is 11.7 Å². The van der Waals surface area contributed by atoms with Crippen LogP contribution in [-0.4, -0.2) is 17.9 Å². The second-order valence-corrected chi connectivity index (χ2v) is 3.40. The predicted octanol–water partition coefficient (Wildman–Crippen LogP) is 2.36. The quantitative estimate of drug-likeness (QED) is 0.361. The first-order valence-corrected chi connectivity index (χ1v) is 4.82. The second kappa shape index (κ2) is 6.84. The van der Waals surface area contributed by atoms with Gasteiger partial charge in [0.25, 0.3) is 0 Å². The van der Waals surface area contributed by atoms with Crippen molar-refractivity contribution in [2.24, 2.45) is 5.92 Å². The van der Waals surface area contributed by atoms with E-state index in [0.717, 1.165) is 11.9 Å².